The van der Waals surface area contributed by atoms with Crippen LogP contribution in [-0.4, -0.2) is 31.5 Å². The third-order valence-electron chi connectivity index (χ3n) is 3.11. The summed E-state index contributed by atoms with van der Waals surface area (Å²) in [5.41, 5.74) is 0. The Labute approximate surface area is 101 Å². The Balaban J connectivity index is 2.31. The van der Waals surface area contributed by atoms with Crippen LogP contribution in [0.4, 0.5) is 13.2 Å². The Hall–Kier alpha value is -0.290. The SMILES string of the molecule is CCNC(CCCC(F)(F)F)C1CCCCO1. The van der Waals surface area contributed by atoms with Crippen LogP contribution < -0.4 is 5.32 Å². The van der Waals surface area contributed by atoms with Crippen molar-refractivity contribution in [1.82, 2.24) is 5.32 Å². The molecule has 2 atom stereocenters. The van der Waals surface area contributed by atoms with E-state index in [2.05, 4.69) is 5.32 Å². The normalized spacial score (nSPS) is 23.6. The minimum absolute atomic E-state index is 0.0719. The summed E-state index contributed by atoms with van der Waals surface area (Å²) in [6, 6.07) is 0.0719. The average molecular weight is 253 g/mol. The minimum Gasteiger partial charge on any atom is -0.377 e. The Morgan fingerprint density at radius 1 is 1.35 bits per heavy atom. The molecule has 0 amide bonds. The van der Waals surface area contributed by atoms with E-state index in [1.54, 1.807) is 0 Å². The molecule has 1 rings (SSSR count). The van der Waals surface area contributed by atoms with E-state index in [0.717, 1.165) is 32.4 Å². The summed E-state index contributed by atoms with van der Waals surface area (Å²) in [6.45, 7) is 3.49. The van der Waals surface area contributed by atoms with Crippen LogP contribution >= 0.6 is 0 Å². The molecule has 0 aromatic rings. The van der Waals surface area contributed by atoms with E-state index in [9.17, 15) is 13.2 Å². The van der Waals surface area contributed by atoms with E-state index in [-0.39, 0.29) is 18.6 Å². The predicted molar refractivity (Wildman–Crippen MR) is 61.0 cm³/mol. The Morgan fingerprint density at radius 2 is 2.12 bits per heavy atom. The first kappa shape index (κ1) is 14.8. The molecular formula is C12H22F3NO. The zero-order chi connectivity index (χ0) is 12.7. The Bertz CT molecular complexity index is 202. The maximum Gasteiger partial charge on any atom is 0.389 e. The van der Waals surface area contributed by atoms with Crippen LogP contribution in [0.3, 0.4) is 0 Å². The van der Waals surface area contributed by atoms with Crippen LogP contribution in [0.1, 0.15) is 45.4 Å². The molecule has 5 heteroatoms. The molecule has 1 aliphatic heterocycles. The van der Waals surface area contributed by atoms with E-state index >= 15 is 0 Å². The molecule has 0 aliphatic carbocycles. The number of hydrogen-bond donors (Lipinski definition) is 1. The lowest BCUT2D eigenvalue weighted by atomic mass is 9.97. The lowest BCUT2D eigenvalue weighted by molar-refractivity contribution is -0.136. The molecule has 0 radical (unpaired) electrons. The van der Waals surface area contributed by atoms with Crippen molar-refractivity contribution >= 4 is 0 Å². The number of nitrogens with one attached hydrogen (secondary N) is 1. The highest BCUT2D eigenvalue weighted by Crippen LogP contribution is 2.25. The van der Waals surface area contributed by atoms with Crippen molar-refractivity contribution in [3.05, 3.63) is 0 Å². The van der Waals surface area contributed by atoms with Gasteiger partial charge >= 0.3 is 6.18 Å². The van der Waals surface area contributed by atoms with Crippen molar-refractivity contribution in [2.45, 2.75) is 63.8 Å². The molecule has 1 saturated heterocycles. The average Bonchev–Trinajstić information content (AvgIpc) is 2.27. The molecule has 2 nitrogen and oxygen atoms in total. The molecule has 1 N–H and O–H groups in total. The van der Waals surface area contributed by atoms with Gasteiger partial charge in [0.15, 0.2) is 0 Å². The highest BCUT2D eigenvalue weighted by atomic mass is 19.4. The van der Waals surface area contributed by atoms with E-state index in [1.807, 2.05) is 6.92 Å². The fourth-order valence-electron chi connectivity index (χ4n) is 2.29. The summed E-state index contributed by atoms with van der Waals surface area (Å²) in [5.74, 6) is 0. The molecule has 0 saturated carbocycles. The van der Waals surface area contributed by atoms with Crippen LogP contribution in [0.15, 0.2) is 0 Å². The van der Waals surface area contributed by atoms with Gasteiger partial charge in [-0.2, -0.15) is 13.2 Å². The van der Waals surface area contributed by atoms with Gasteiger partial charge in [0.2, 0.25) is 0 Å². The maximum atomic E-state index is 12.1. The highest BCUT2D eigenvalue weighted by Gasteiger charge is 2.29. The number of ether oxygens (including phenoxy) is 1. The van der Waals surface area contributed by atoms with E-state index in [4.69, 9.17) is 4.74 Å². The van der Waals surface area contributed by atoms with Crippen LogP contribution in [0.2, 0.25) is 0 Å². The Morgan fingerprint density at radius 3 is 2.65 bits per heavy atom. The minimum atomic E-state index is -4.04. The van der Waals surface area contributed by atoms with Crippen molar-refractivity contribution in [2.24, 2.45) is 0 Å². The topological polar surface area (TPSA) is 21.3 Å². The van der Waals surface area contributed by atoms with Gasteiger partial charge in [0.1, 0.15) is 0 Å². The molecule has 0 aromatic carbocycles. The quantitative estimate of drug-likeness (QED) is 0.784. The molecule has 17 heavy (non-hydrogen) atoms. The summed E-state index contributed by atoms with van der Waals surface area (Å²) >= 11 is 0. The largest absolute Gasteiger partial charge is 0.389 e. The molecule has 0 bridgehead atoms. The summed E-state index contributed by atoms with van der Waals surface area (Å²) in [4.78, 5) is 0. The van der Waals surface area contributed by atoms with Gasteiger partial charge in [0.25, 0.3) is 0 Å². The second-order valence-corrected chi connectivity index (χ2v) is 4.58. The van der Waals surface area contributed by atoms with Crippen LogP contribution in [0.25, 0.3) is 0 Å². The maximum absolute atomic E-state index is 12.1. The fourth-order valence-corrected chi connectivity index (χ4v) is 2.29. The second-order valence-electron chi connectivity index (χ2n) is 4.58. The number of hydrogen-bond acceptors (Lipinski definition) is 2. The zero-order valence-electron chi connectivity index (χ0n) is 10.4. The standard InChI is InChI=1S/C12H22F3NO/c1-2-16-10(6-5-8-12(13,14)15)11-7-3-4-9-17-11/h10-11,16H,2-9H2,1H3. The predicted octanol–water partition coefficient (Wildman–Crippen LogP) is 3.27. The third-order valence-corrected chi connectivity index (χ3v) is 3.11. The van der Waals surface area contributed by atoms with Gasteiger partial charge in [-0.3, -0.25) is 0 Å². The Kier molecular flexibility index (Phi) is 6.27. The molecule has 1 aliphatic rings. The molecule has 1 heterocycles. The lowest BCUT2D eigenvalue weighted by Gasteiger charge is -2.31. The van der Waals surface area contributed by atoms with Crippen molar-refractivity contribution in [2.75, 3.05) is 13.2 Å². The van der Waals surface area contributed by atoms with Crippen molar-refractivity contribution in [1.29, 1.82) is 0 Å². The molecule has 102 valence electrons. The fraction of sp³-hybridized carbons (Fsp3) is 1.00. The van der Waals surface area contributed by atoms with Gasteiger partial charge in [-0.1, -0.05) is 6.92 Å². The number of halogens is 3. The van der Waals surface area contributed by atoms with Crippen molar-refractivity contribution in [3.63, 3.8) is 0 Å². The number of alkyl halides is 3. The first-order valence-corrected chi connectivity index (χ1v) is 6.44. The van der Waals surface area contributed by atoms with Gasteiger partial charge < -0.3 is 10.1 Å². The molecular weight excluding hydrogens is 231 g/mol. The van der Waals surface area contributed by atoms with Crippen LogP contribution in [0, 0.1) is 0 Å². The lowest BCUT2D eigenvalue weighted by Crippen LogP contribution is -2.43. The summed E-state index contributed by atoms with van der Waals surface area (Å²) in [5, 5.41) is 3.25. The van der Waals surface area contributed by atoms with Gasteiger partial charge in [-0.25, -0.2) is 0 Å². The number of rotatable bonds is 6. The van der Waals surface area contributed by atoms with Crippen molar-refractivity contribution < 1.29 is 17.9 Å². The van der Waals surface area contributed by atoms with E-state index in [1.165, 1.54) is 0 Å². The molecule has 0 spiro atoms. The summed E-state index contributed by atoms with van der Waals surface area (Å²) in [6.07, 6.45) is -0.768. The molecule has 1 fully saturated rings. The first-order chi connectivity index (χ1) is 8.03. The third kappa shape index (κ3) is 6.27. The monoisotopic (exact) mass is 253 g/mol. The van der Waals surface area contributed by atoms with E-state index < -0.39 is 12.6 Å². The summed E-state index contributed by atoms with van der Waals surface area (Å²) in [7, 11) is 0. The summed E-state index contributed by atoms with van der Waals surface area (Å²) < 4.78 is 41.9. The smallest absolute Gasteiger partial charge is 0.377 e. The van der Waals surface area contributed by atoms with Gasteiger partial charge in [0, 0.05) is 19.1 Å². The zero-order valence-corrected chi connectivity index (χ0v) is 10.4. The van der Waals surface area contributed by atoms with Gasteiger partial charge in [-0.05, 0) is 38.6 Å². The molecule has 0 aromatic heterocycles. The second kappa shape index (κ2) is 7.21. The van der Waals surface area contributed by atoms with E-state index in [0.29, 0.717) is 6.42 Å². The highest BCUT2D eigenvalue weighted by molar-refractivity contribution is 4.79. The van der Waals surface area contributed by atoms with Crippen LogP contribution in [0.5, 0.6) is 0 Å². The van der Waals surface area contributed by atoms with Gasteiger partial charge in [0.05, 0.1) is 6.10 Å². The number of likely N-dealkylation sites (N-methyl/N-ethyl adjacent to an activating group) is 1. The van der Waals surface area contributed by atoms with Crippen LogP contribution in [-0.2, 0) is 4.74 Å². The van der Waals surface area contributed by atoms with Crippen molar-refractivity contribution in [3.8, 4) is 0 Å². The first-order valence-electron chi connectivity index (χ1n) is 6.44. The van der Waals surface area contributed by atoms with Gasteiger partial charge in [-0.15, -0.1) is 0 Å². The molecule has 2 unspecified atom stereocenters.